The molecule has 0 heterocycles. The third-order valence-corrected chi connectivity index (χ3v) is 4.84. The van der Waals surface area contributed by atoms with Gasteiger partial charge in [-0.3, -0.25) is 9.59 Å². The molecule has 3 rings (SSSR count). The summed E-state index contributed by atoms with van der Waals surface area (Å²) in [6.45, 7) is 6.62. The number of anilines is 1. The zero-order chi connectivity index (χ0) is 19.6. The van der Waals surface area contributed by atoms with Gasteiger partial charge in [0.1, 0.15) is 5.82 Å². The van der Waals surface area contributed by atoms with Crippen molar-refractivity contribution in [2.45, 2.75) is 39.2 Å². The van der Waals surface area contributed by atoms with E-state index in [2.05, 4.69) is 31.4 Å². The Balaban J connectivity index is 1.55. The number of carbonyl (C=O) groups is 2. The van der Waals surface area contributed by atoms with Crippen LogP contribution in [0.25, 0.3) is 0 Å². The predicted octanol–water partition coefficient (Wildman–Crippen LogP) is 4.01. The summed E-state index contributed by atoms with van der Waals surface area (Å²) < 4.78 is 12.9. The van der Waals surface area contributed by atoms with E-state index in [-0.39, 0.29) is 34.9 Å². The molecule has 2 amide bonds. The van der Waals surface area contributed by atoms with Gasteiger partial charge in [-0.05, 0) is 41.2 Å². The van der Waals surface area contributed by atoms with E-state index in [0.29, 0.717) is 13.0 Å². The lowest BCUT2D eigenvalue weighted by Crippen LogP contribution is -2.27. The van der Waals surface area contributed by atoms with Crippen LogP contribution in [0.4, 0.5) is 10.1 Å². The van der Waals surface area contributed by atoms with Crippen LogP contribution in [0.1, 0.15) is 38.3 Å². The van der Waals surface area contributed by atoms with Crippen LogP contribution < -0.4 is 10.6 Å². The Bertz CT molecular complexity index is 840. The minimum Gasteiger partial charge on any atom is -0.352 e. The minimum absolute atomic E-state index is 0.0840. The molecule has 2 atom stereocenters. The van der Waals surface area contributed by atoms with Crippen molar-refractivity contribution in [3.8, 4) is 0 Å². The van der Waals surface area contributed by atoms with Crippen molar-refractivity contribution in [3.63, 3.8) is 0 Å². The third-order valence-electron chi connectivity index (χ3n) is 4.84. The molecule has 0 aromatic heterocycles. The Morgan fingerprint density at radius 3 is 2.30 bits per heavy atom. The highest BCUT2D eigenvalue weighted by molar-refractivity contribution is 6.00. The second-order valence-corrected chi connectivity index (χ2v) is 8.08. The molecule has 1 aliphatic carbocycles. The first-order valence-corrected chi connectivity index (χ1v) is 9.18. The van der Waals surface area contributed by atoms with Gasteiger partial charge in [0.15, 0.2) is 0 Å². The van der Waals surface area contributed by atoms with Gasteiger partial charge in [0, 0.05) is 12.2 Å². The number of amides is 2. The SMILES string of the molecule is CC(C)(C)c1ccccc1NC(=O)C1CC1C(=O)NCc1ccc(F)cc1. The molecule has 1 saturated carbocycles. The Labute approximate surface area is 159 Å². The maximum absolute atomic E-state index is 12.9. The summed E-state index contributed by atoms with van der Waals surface area (Å²) in [5.41, 5.74) is 2.61. The second kappa shape index (κ2) is 7.51. The monoisotopic (exact) mass is 368 g/mol. The lowest BCUT2D eigenvalue weighted by molar-refractivity contribution is -0.125. The van der Waals surface area contributed by atoms with E-state index in [0.717, 1.165) is 16.8 Å². The van der Waals surface area contributed by atoms with Crippen LogP contribution in [0.15, 0.2) is 48.5 Å². The van der Waals surface area contributed by atoms with Crippen molar-refractivity contribution in [2.24, 2.45) is 11.8 Å². The molecule has 5 heteroatoms. The second-order valence-electron chi connectivity index (χ2n) is 8.08. The number of rotatable bonds is 5. The quantitative estimate of drug-likeness (QED) is 0.838. The van der Waals surface area contributed by atoms with E-state index in [9.17, 15) is 14.0 Å². The van der Waals surface area contributed by atoms with Gasteiger partial charge in [-0.1, -0.05) is 51.1 Å². The first-order valence-electron chi connectivity index (χ1n) is 9.18. The van der Waals surface area contributed by atoms with Crippen molar-refractivity contribution < 1.29 is 14.0 Å². The molecule has 2 aromatic rings. The standard InChI is InChI=1S/C22H25FN2O2/c1-22(2,3)18-6-4-5-7-19(18)25-21(27)17-12-16(17)20(26)24-13-14-8-10-15(23)11-9-14/h4-11,16-17H,12-13H2,1-3H3,(H,24,26)(H,25,27). The maximum atomic E-state index is 12.9. The van der Waals surface area contributed by atoms with Crippen molar-refractivity contribution in [1.82, 2.24) is 5.32 Å². The summed E-state index contributed by atoms with van der Waals surface area (Å²) in [4.78, 5) is 24.8. The van der Waals surface area contributed by atoms with Crippen LogP contribution >= 0.6 is 0 Å². The number of nitrogens with one attached hydrogen (secondary N) is 2. The zero-order valence-electron chi connectivity index (χ0n) is 15.9. The number of hydrogen-bond acceptors (Lipinski definition) is 2. The Morgan fingerprint density at radius 1 is 1.00 bits per heavy atom. The summed E-state index contributed by atoms with van der Waals surface area (Å²) in [6.07, 6.45) is 0.554. The third kappa shape index (κ3) is 4.73. The fourth-order valence-corrected chi connectivity index (χ4v) is 3.17. The molecule has 0 spiro atoms. The van der Waals surface area contributed by atoms with Gasteiger partial charge < -0.3 is 10.6 Å². The summed E-state index contributed by atoms with van der Waals surface area (Å²) in [5.74, 6) is -1.16. The number of benzene rings is 2. The molecule has 1 aliphatic rings. The normalized spacial score (nSPS) is 18.7. The van der Waals surface area contributed by atoms with Gasteiger partial charge in [-0.2, -0.15) is 0 Å². The van der Waals surface area contributed by atoms with Crippen LogP contribution in [0.3, 0.4) is 0 Å². The van der Waals surface area contributed by atoms with Gasteiger partial charge in [-0.15, -0.1) is 0 Å². The van der Waals surface area contributed by atoms with E-state index >= 15 is 0 Å². The summed E-state index contributed by atoms with van der Waals surface area (Å²) >= 11 is 0. The average Bonchev–Trinajstić information content (AvgIpc) is 3.41. The topological polar surface area (TPSA) is 58.2 Å². The Hall–Kier alpha value is -2.69. The molecule has 0 aliphatic heterocycles. The van der Waals surface area contributed by atoms with Crippen LogP contribution in [0, 0.1) is 17.7 Å². The molecule has 2 N–H and O–H groups in total. The van der Waals surface area contributed by atoms with E-state index in [1.54, 1.807) is 12.1 Å². The molecular formula is C22H25FN2O2. The van der Waals surface area contributed by atoms with E-state index in [1.165, 1.54) is 12.1 Å². The Morgan fingerprint density at radius 2 is 1.63 bits per heavy atom. The summed E-state index contributed by atoms with van der Waals surface area (Å²) in [6, 6.07) is 13.7. The lowest BCUT2D eigenvalue weighted by atomic mass is 9.86. The number of hydrogen-bond donors (Lipinski definition) is 2. The highest BCUT2D eigenvalue weighted by Crippen LogP contribution is 2.40. The largest absolute Gasteiger partial charge is 0.352 e. The Kier molecular flexibility index (Phi) is 5.31. The fourth-order valence-electron chi connectivity index (χ4n) is 3.17. The molecule has 2 unspecified atom stereocenters. The van der Waals surface area contributed by atoms with E-state index in [1.807, 2.05) is 24.3 Å². The van der Waals surface area contributed by atoms with Crippen LogP contribution in [-0.4, -0.2) is 11.8 Å². The molecule has 1 fully saturated rings. The highest BCUT2D eigenvalue weighted by atomic mass is 19.1. The van der Waals surface area contributed by atoms with Crippen molar-refractivity contribution in [3.05, 3.63) is 65.5 Å². The van der Waals surface area contributed by atoms with Gasteiger partial charge in [0.25, 0.3) is 0 Å². The molecule has 2 aromatic carbocycles. The molecule has 0 saturated heterocycles. The van der Waals surface area contributed by atoms with Crippen molar-refractivity contribution >= 4 is 17.5 Å². The summed E-state index contributed by atoms with van der Waals surface area (Å²) in [7, 11) is 0. The molecule has 27 heavy (non-hydrogen) atoms. The number of halogens is 1. The molecular weight excluding hydrogens is 343 g/mol. The summed E-state index contributed by atoms with van der Waals surface area (Å²) in [5, 5.41) is 5.81. The maximum Gasteiger partial charge on any atom is 0.228 e. The van der Waals surface area contributed by atoms with Crippen molar-refractivity contribution in [2.75, 3.05) is 5.32 Å². The smallest absolute Gasteiger partial charge is 0.228 e. The molecule has 0 bridgehead atoms. The molecule has 0 radical (unpaired) electrons. The van der Waals surface area contributed by atoms with Crippen LogP contribution in [-0.2, 0) is 21.5 Å². The average molecular weight is 368 g/mol. The van der Waals surface area contributed by atoms with Crippen LogP contribution in [0.5, 0.6) is 0 Å². The highest BCUT2D eigenvalue weighted by Gasteiger charge is 2.48. The molecule has 4 nitrogen and oxygen atoms in total. The zero-order valence-corrected chi connectivity index (χ0v) is 15.9. The molecule has 142 valence electrons. The van der Waals surface area contributed by atoms with E-state index < -0.39 is 0 Å². The predicted molar refractivity (Wildman–Crippen MR) is 104 cm³/mol. The van der Waals surface area contributed by atoms with Crippen LogP contribution in [0.2, 0.25) is 0 Å². The van der Waals surface area contributed by atoms with Gasteiger partial charge in [-0.25, -0.2) is 4.39 Å². The lowest BCUT2D eigenvalue weighted by Gasteiger charge is -2.23. The van der Waals surface area contributed by atoms with E-state index in [4.69, 9.17) is 0 Å². The van der Waals surface area contributed by atoms with Crippen molar-refractivity contribution in [1.29, 1.82) is 0 Å². The minimum atomic E-state index is -0.306. The fraction of sp³-hybridized carbons (Fsp3) is 0.364. The van der Waals surface area contributed by atoms with Gasteiger partial charge >= 0.3 is 0 Å². The number of para-hydroxylation sites is 1. The first-order chi connectivity index (χ1) is 12.8. The number of carbonyl (C=O) groups excluding carboxylic acids is 2. The first kappa shape index (κ1) is 19.1. The van der Waals surface area contributed by atoms with Gasteiger partial charge in [0.05, 0.1) is 11.8 Å². The van der Waals surface area contributed by atoms with Gasteiger partial charge in [0.2, 0.25) is 11.8 Å².